The molecule has 4 heteroatoms. The fourth-order valence-electron chi connectivity index (χ4n) is 1.07. The summed E-state index contributed by atoms with van der Waals surface area (Å²) in [6.45, 7) is 2.68. The lowest BCUT2D eigenvalue weighted by Crippen LogP contribution is -2.29. The molecule has 3 nitrogen and oxygen atoms in total. The number of thioether (sulfide) groups is 1. The lowest BCUT2D eigenvalue weighted by Gasteiger charge is -2.09. The van der Waals surface area contributed by atoms with Crippen molar-refractivity contribution in [1.29, 1.82) is 0 Å². The molecule has 0 fully saturated rings. The predicted molar refractivity (Wildman–Crippen MR) is 63.4 cm³/mol. The zero-order valence-corrected chi connectivity index (χ0v) is 9.67. The van der Waals surface area contributed by atoms with Gasteiger partial charge in [-0.25, -0.2) is 0 Å². The molecule has 0 heterocycles. The number of hydrogen-bond acceptors (Lipinski definition) is 3. The first-order valence-electron chi connectivity index (χ1n) is 4.73. The SMILES string of the molecule is CSC(C)CNC(=O)c1cccc(O)c1. The fourth-order valence-corrected chi connectivity index (χ4v) is 1.32. The standard InChI is InChI=1S/C11H15NO2S/c1-8(15-2)7-12-11(14)9-4-3-5-10(13)6-9/h3-6,8,13H,7H2,1-2H3,(H,12,14). The van der Waals surface area contributed by atoms with Crippen LogP contribution in [0.4, 0.5) is 0 Å². The molecule has 0 aliphatic carbocycles. The molecule has 1 rings (SSSR count). The third kappa shape index (κ3) is 3.83. The van der Waals surface area contributed by atoms with Crippen LogP contribution < -0.4 is 5.32 Å². The Hall–Kier alpha value is -1.16. The first kappa shape index (κ1) is 11.9. The number of benzene rings is 1. The van der Waals surface area contributed by atoms with E-state index in [2.05, 4.69) is 5.32 Å². The van der Waals surface area contributed by atoms with Crippen molar-refractivity contribution in [2.24, 2.45) is 0 Å². The Morgan fingerprint density at radius 2 is 2.33 bits per heavy atom. The van der Waals surface area contributed by atoms with Crippen molar-refractivity contribution in [2.75, 3.05) is 12.8 Å². The van der Waals surface area contributed by atoms with Crippen LogP contribution in [0.1, 0.15) is 17.3 Å². The molecular weight excluding hydrogens is 210 g/mol. The Kier molecular flexibility index (Phi) is 4.49. The smallest absolute Gasteiger partial charge is 0.251 e. The summed E-state index contributed by atoms with van der Waals surface area (Å²) in [4.78, 5) is 11.6. The first-order chi connectivity index (χ1) is 7.13. The second-order valence-electron chi connectivity index (χ2n) is 3.31. The van der Waals surface area contributed by atoms with Crippen LogP contribution in [0.15, 0.2) is 24.3 Å². The van der Waals surface area contributed by atoms with Crippen LogP contribution in [-0.2, 0) is 0 Å². The number of nitrogens with one attached hydrogen (secondary N) is 1. The first-order valence-corrected chi connectivity index (χ1v) is 6.02. The van der Waals surface area contributed by atoms with Gasteiger partial charge in [0.05, 0.1) is 0 Å². The van der Waals surface area contributed by atoms with Crippen LogP contribution in [0, 0.1) is 0 Å². The Bertz CT molecular complexity index is 341. The molecule has 82 valence electrons. The number of carbonyl (C=O) groups excluding carboxylic acids is 1. The van der Waals surface area contributed by atoms with E-state index in [4.69, 9.17) is 0 Å². The van der Waals surface area contributed by atoms with E-state index in [1.807, 2.05) is 13.2 Å². The molecule has 0 saturated carbocycles. The number of carbonyl (C=O) groups is 1. The van der Waals surface area contributed by atoms with Gasteiger partial charge in [-0.1, -0.05) is 13.0 Å². The van der Waals surface area contributed by atoms with Gasteiger partial charge in [0, 0.05) is 17.4 Å². The second-order valence-corrected chi connectivity index (χ2v) is 4.58. The van der Waals surface area contributed by atoms with Crippen molar-refractivity contribution in [2.45, 2.75) is 12.2 Å². The van der Waals surface area contributed by atoms with Crippen LogP contribution in [0.5, 0.6) is 5.75 Å². The molecule has 1 amide bonds. The number of hydrogen-bond donors (Lipinski definition) is 2. The summed E-state index contributed by atoms with van der Waals surface area (Å²) in [7, 11) is 0. The molecule has 0 radical (unpaired) electrons. The van der Waals surface area contributed by atoms with Gasteiger partial charge in [-0.2, -0.15) is 11.8 Å². The van der Waals surface area contributed by atoms with E-state index in [0.717, 1.165) is 0 Å². The molecule has 15 heavy (non-hydrogen) atoms. The Morgan fingerprint density at radius 1 is 1.60 bits per heavy atom. The summed E-state index contributed by atoms with van der Waals surface area (Å²) in [6.07, 6.45) is 2.01. The van der Waals surface area contributed by atoms with Gasteiger partial charge in [0.15, 0.2) is 0 Å². The van der Waals surface area contributed by atoms with Crippen LogP contribution >= 0.6 is 11.8 Å². The van der Waals surface area contributed by atoms with Crippen molar-refractivity contribution in [3.8, 4) is 5.75 Å². The van der Waals surface area contributed by atoms with Crippen LogP contribution in [0.3, 0.4) is 0 Å². The summed E-state index contributed by atoms with van der Waals surface area (Å²) < 4.78 is 0. The number of amides is 1. The average Bonchev–Trinajstić information content (AvgIpc) is 2.25. The van der Waals surface area contributed by atoms with Gasteiger partial charge in [-0.3, -0.25) is 4.79 Å². The molecule has 2 N–H and O–H groups in total. The topological polar surface area (TPSA) is 49.3 Å². The Labute approximate surface area is 93.9 Å². The van der Waals surface area contributed by atoms with Crippen molar-refractivity contribution >= 4 is 17.7 Å². The molecule has 0 aliphatic rings. The van der Waals surface area contributed by atoms with Gasteiger partial charge in [-0.05, 0) is 24.5 Å². The summed E-state index contributed by atoms with van der Waals surface area (Å²) in [6, 6.07) is 6.33. The van der Waals surface area contributed by atoms with Gasteiger partial charge in [-0.15, -0.1) is 0 Å². The maximum Gasteiger partial charge on any atom is 0.251 e. The minimum Gasteiger partial charge on any atom is -0.508 e. The van der Waals surface area contributed by atoms with Crippen molar-refractivity contribution < 1.29 is 9.90 Å². The Balaban J connectivity index is 2.54. The molecule has 0 spiro atoms. The van der Waals surface area contributed by atoms with Crippen LogP contribution in [0.25, 0.3) is 0 Å². The van der Waals surface area contributed by atoms with E-state index in [1.165, 1.54) is 6.07 Å². The van der Waals surface area contributed by atoms with E-state index < -0.39 is 0 Å². The fraction of sp³-hybridized carbons (Fsp3) is 0.364. The minimum absolute atomic E-state index is 0.112. The van der Waals surface area contributed by atoms with E-state index in [-0.39, 0.29) is 11.7 Å². The summed E-state index contributed by atoms with van der Waals surface area (Å²) in [5, 5.41) is 12.4. The summed E-state index contributed by atoms with van der Waals surface area (Å²) in [5.41, 5.74) is 0.489. The second kappa shape index (κ2) is 5.66. The molecular formula is C11H15NO2S. The Morgan fingerprint density at radius 3 is 2.93 bits per heavy atom. The molecule has 1 unspecified atom stereocenters. The lowest BCUT2D eigenvalue weighted by molar-refractivity contribution is 0.0953. The molecule has 1 atom stereocenters. The lowest BCUT2D eigenvalue weighted by atomic mass is 10.2. The highest BCUT2D eigenvalue weighted by atomic mass is 32.2. The van der Waals surface area contributed by atoms with Gasteiger partial charge in [0.25, 0.3) is 5.91 Å². The predicted octanol–water partition coefficient (Wildman–Crippen LogP) is 1.87. The van der Waals surface area contributed by atoms with Gasteiger partial charge < -0.3 is 10.4 Å². The molecule has 1 aromatic carbocycles. The largest absolute Gasteiger partial charge is 0.508 e. The van der Waals surface area contributed by atoms with E-state index in [1.54, 1.807) is 30.0 Å². The zero-order valence-electron chi connectivity index (χ0n) is 8.86. The highest BCUT2D eigenvalue weighted by Gasteiger charge is 2.07. The summed E-state index contributed by atoms with van der Waals surface area (Å²) in [5.74, 6) is -0.0348. The van der Waals surface area contributed by atoms with Gasteiger partial charge >= 0.3 is 0 Å². The monoisotopic (exact) mass is 225 g/mol. The number of phenolic OH excluding ortho intramolecular Hbond substituents is 1. The van der Waals surface area contributed by atoms with E-state index in [0.29, 0.717) is 17.4 Å². The third-order valence-corrected chi connectivity index (χ3v) is 3.03. The van der Waals surface area contributed by atoms with E-state index >= 15 is 0 Å². The van der Waals surface area contributed by atoms with Gasteiger partial charge in [0.2, 0.25) is 0 Å². The molecule has 1 aromatic rings. The van der Waals surface area contributed by atoms with Crippen LogP contribution in [-0.4, -0.2) is 29.1 Å². The highest BCUT2D eigenvalue weighted by Crippen LogP contribution is 2.11. The zero-order chi connectivity index (χ0) is 11.3. The quantitative estimate of drug-likeness (QED) is 0.822. The minimum atomic E-state index is -0.146. The van der Waals surface area contributed by atoms with Crippen LogP contribution in [0.2, 0.25) is 0 Å². The van der Waals surface area contributed by atoms with Gasteiger partial charge in [0.1, 0.15) is 5.75 Å². The number of phenols is 1. The maximum atomic E-state index is 11.6. The number of aromatic hydroxyl groups is 1. The third-order valence-electron chi connectivity index (χ3n) is 2.06. The highest BCUT2D eigenvalue weighted by molar-refractivity contribution is 7.99. The summed E-state index contributed by atoms with van der Waals surface area (Å²) >= 11 is 1.70. The molecule has 0 saturated heterocycles. The molecule has 0 bridgehead atoms. The number of rotatable bonds is 4. The van der Waals surface area contributed by atoms with Crippen molar-refractivity contribution in [1.82, 2.24) is 5.32 Å². The molecule has 0 aromatic heterocycles. The van der Waals surface area contributed by atoms with Crippen molar-refractivity contribution in [3.05, 3.63) is 29.8 Å². The normalized spacial score (nSPS) is 12.1. The molecule has 0 aliphatic heterocycles. The van der Waals surface area contributed by atoms with Crippen molar-refractivity contribution in [3.63, 3.8) is 0 Å². The maximum absolute atomic E-state index is 11.6. The van der Waals surface area contributed by atoms with E-state index in [9.17, 15) is 9.90 Å². The average molecular weight is 225 g/mol.